The molecule has 0 saturated heterocycles. The van der Waals surface area contributed by atoms with Crippen LogP contribution in [0.1, 0.15) is 38.4 Å². The van der Waals surface area contributed by atoms with Crippen LogP contribution < -0.4 is 10.2 Å². The van der Waals surface area contributed by atoms with Gasteiger partial charge in [0.05, 0.1) is 0 Å². The number of anilines is 1. The summed E-state index contributed by atoms with van der Waals surface area (Å²) in [6, 6.07) is 14.8. The lowest BCUT2D eigenvalue weighted by molar-refractivity contribution is 0.0946. The Morgan fingerprint density at radius 2 is 1.86 bits per heavy atom. The van der Waals surface area contributed by atoms with E-state index in [9.17, 15) is 9.59 Å². The van der Waals surface area contributed by atoms with Gasteiger partial charge < -0.3 is 10.2 Å². The second kappa shape index (κ2) is 8.00. The Morgan fingerprint density at radius 1 is 1.04 bits per heavy atom. The van der Waals surface area contributed by atoms with Gasteiger partial charge in [0.2, 0.25) is 0 Å². The van der Waals surface area contributed by atoms with Gasteiger partial charge in [-0.15, -0.1) is 0 Å². The molecule has 3 heterocycles. The summed E-state index contributed by atoms with van der Waals surface area (Å²) in [5.41, 5.74) is 3.75. The second-order valence-electron chi connectivity index (χ2n) is 6.66. The summed E-state index contributed by atoms with van der Waals surface area (Å²) in [4.78, 5) is 35.4. The van der Waals surface area contributed by atoms with Crippen LogP contribution in [0, 0.1) is 0 Å². The molecule has 0 radical (unpaired) electrons. The Kier molecular flexibility index (Phi) is 5.10. The predicted octanol–water partition coefficient (Wildman–Crippen LogP) is 3.00. The van der Waals surface area contributed by atoms with Crippen LogP contribution in [0.5, 0.6) is 0 Å². The van der Waals surface area contributed by atoms with E-state index >= 15 is 0 Å². The van der Waals surface area contributed by atoms with Gasteiger partial charge in [0.25, 0.3) is 11.8 Å². The first-order chi connectivity index (χ1) is 13.7. The Morgan fingerprint density at radius 3 is 2.71 bits per heavy atom. The highest BCUT2D eigenvalue weighted by molar-refractivity contribution is 6.07. The molecule has 0 fully saturated rings. The van der Waals surface area contributed by atoms with Gasteiger partial charge in [-0.05, 0) is 54.3 Å². The molecule has 3 aromatic rings. The lowest BCUT2D eigenvalue weighted by Gasteiger charge is -2.29. The number of rotatable bonds is 4. The largest absolute Gasteiger partial charge is 0.347 e. The molecule has 140 valence electrons. The van der Waals surface area contributed by atoms with Crippen LogP contribution >= 0.6 is 0 Å². The van der Waals surface area contributed by atoms with E-state index in [0.717, 1.165) is 24.1 Å². The number of aromatic nitrogens is 2. The molecule has 6 nitrogen and oxygen atoms in total. The molecule has 0 saturated carbocycles. The standard InChI is InChI=1S/C22H20N4O2/c27-21(25-15-16-7-10-23-11-8-16)19-14-18(9-12-24-19)22(28)26-13-3-5-17-4-1-2-6-20(17)26/h1-2,4,6-12,14H,3,5,13,15H2,(H,25,27). The summed E-state index contributed by atoms with van der Waals surface area (Å²) in [6.07, 6.45) is 6.75. The maximum absolute atomic E-state index is 13.1. The van der Waals surface area contributed by atoms with E-state index in [4.69, 9.17) is 0 Å². The monoisotopic (exact) mass is 372 g/mol. The van der Waals surface area contributed by atoms with Gasteiger partial charge >= 0.3 is 0 Å². The van der Waals surface area contributed by atoms with Gasteiger partial charge in [0.1, 0.15) is 5.69 Å². The number of nitrogens with one attached hydrogen (secondary N) is 1. The van der Waals surface area contributed by atoms with Crippen molar-refractivity contribution in [3.8, 4) is 0 Å². The van der Waals surface area contributed by atoms with Gasteiger partial charge in [0.15, 0.2) is 0 Å². The van der Waals surface area contributed by atoms with E-state index in [1.54, 1.807) is 29.4 Å². The number of hydrogen-bond donors (Lipinski definition) is 1. The summed E-state index contributed by atoms with van der Waals surface area (Å²) in [5, 5.41) is 2.82. The molecule has 0 atom stereocenters. The molecule has 1 aromatic carbocycles. The molecule has 0 bridgehead atoms. The second-order valence-corrected chi connectivity index (χ2v) is 6.66. The van der Waals surface area contributed by atoms with E-state index in [-0.39, 0.29) is 17.5 Å². The van der Waals surface area contributed by atoms with Crippen molar-refractivity contribution in [3.63, 3.8) is 0 Å². The van der Waals surface area contributed by atoms with Gasteiger partial charge in [-0.2, -0.15) is 0 Å². The molecule has 0 aliphatic carbocycles. The highest BCUT2D eigenvalue weighted by atomic mass is 16.2. The number of benzene rings is 1. The van der Waals surface area contributed by atoms with E-state index in [1.165, 1.54) is 11.8 Å². The zero-order valence-electron chi connectivity index (χ0n) is 15.3. The highest BCUT2D eigenvalue weighted by Gasteiger charge is 2.24. The maximum Gasteiger partial charge on any atom is 0.270 e. The minimum Gasteiger partial charge on any atom is -0.347 e. The minimum atomic E-state index is -0.314. The summed E-state index contributed by atoms with van der Waals surface area (Å²) in [6.45, 7) is 1.04. The van der Waals surface area contributed by atoms with Gasteiger partial charge in [0, 0.05) is 42.9 Å². The van der Waals surface area contributed by atoms with Crippen LogP contribution in [0.15, 0.2) is 67.1 Å². The van der Waals surface area contributed by atoms with Crippen molar-refractivity contribution in [1.29, 1.82) is 0 Å². The molecule has 6 heteroatoms. The van der Waals surface area contributed by atoms with Crippen LogP contribution in [-0.2, 0) is 13.0 Å². The molecule has 0 spiro atoms. The third-order valence-corrected chi connectivity index (χ3v) is 4.80. The van der Waals surface area contributed by atoms with Gasteiger partial charge in [-0.25, -0.2) is 0 Å². The molecule has 2 amide bonds. The fraction of sp³-hybridized carbons (Fsp3) is 0.182. The van der Waals surface area contributed by atoms with E-state index < -0.39 is 0 Å². The first-order valence-electron chi connectivity index (χ1n) is 9.25. The SMILES string of the molecule is O=C(NCc1ccncc1)c1cc(C(=O)N2CCCc3ccccc32)ccn1. The summed E-state index contributed by atoms with van der Waals surface area (Å²) in [7, 11) is 0. The number of carbonyl (C=O) groups excluding carboxylic acids is 2. The lowest BCUT2D eigenvalue weighted by atomic mass is 10.0. The van der Waals surface area contributed by atoms with E-state index in [2.05, 4.69) is 21.4 Å². The number of hydrogen-bond acceptors (Lipinski definition) is 4. The number of nitrogens with zero attached hydrogens (tertiary/aromatic N) is 3. The summed E-state index contributed by atoms with van der Waals surface area (Å²) >= 11 is 0. The zero-order chi connectivity index (χ0) is 19.3. The van der Waals surface area contributed by atoms with Crippen LogP contribution in [0.3, 0.4) is 0 Å². The molecule has 1 aliphatic heterocycles. The Balaban J connectivity index is 1.51. The molecule has 1 aliphatic rings. The third-order valence-electron chi connectivity index (χ3n) is 4.80. The topological polar surface area (TPSA) is 75.2 Å². The number of amides is 2. The Bertz CT molecular complexity index is 1000. The minimum absolute atomic E-state index is 0.113. The van der Waals surface area contributed by atoms with Gasteiger partial charge in [-0.3, -0.25) is 19.6 Å². The van der Waals surface area contributed by atoms with Crippen molar-refractivity contribution in [2.45, 2.75) is 19.4 Å². The first kappa shape index (κ1) is 17.9. The van der Waals surface area contributed by atoms with Crippen molar-refractivity contribution >= 4 is 17.5 Å². The number of fused-ring (bicyclic) bond motifs is 1. The first-order valence-corrected chi connectivity index (χ1v) is 9.25. The molecule has 0 unspecified atom stereocenters. The Hall–Kier alpha value is -3.54. The Labute approximate surface area is 163 Å². The zero-order valence-corrected chi connectivity index (χ0v) is 15.3. The average Bonchev–Trinajstić information content (AvgIpc) is 2.77. The van der Waals surface area contributed by atoms with Crippen molar-refractivity contribution in [2.75, 3.05) is 11.4 Å². The van der Waals surface area contributed by atoms with Crippen LogP contribution in [0.2, 0.25) is 0 Å². The van der Waals surface area contributed by atoms with E-state index in [1.807, 2.05) is 30.3 Å². The molecule has 1 N–H and O–H groups in total. The van der Waals surface area contributed by atoms with Crippen molar-refractivity contribution < 1.29 is 9.59 Å². The van der Waals surface area contributed by atoms with Crippen molar-refractivity contribution in [1.82, 2.24) is 15.3 Å². The summed E-state index contributed by atoms with van der Waals surface area (Å²) in [5.74, 6) is -0.428. The average molecular weight is 372 g/mol. The van der Waals surface area contributed by atoms with Gasteiger partial charge in [-0.1, -0.05) is 18.2 Å². The molecule has 2 aromatic heterocycles. The van der Waals surface area contributed by atoms with Crippen molar-refractivity contribution in [3.05, 3.63) is 89.5 Å². The number of carbonyl (C=O) groups is 2. The quantitative estimate of drug-likeness (QED) is 0.764. The molecule has 4 rings (SSSR count). The number of para-hydroxylation sites is 1. The fourth-order valence-corrected chi connectivity index (χ4v) is 3.36. The fourth-order valence-electron chi connectivity index (χ4n) is 3.36. The number of pyridine rings is 2. The smallest absolute Gasteiger partial charge is 0.270 e. The number of aryl methyl sites for hydroxylation is 1. The highest BCUT2D eigenvalue weighted by Crippen LogP contribution is 2.28. The molecular weight excluding hydrogens is 352 g/mol. The maximum atomic E-state index is 13.1. The molecule has 28 heavy (non-hydrogen) atoms. The predicted molar refractivity (Wildman–Crippen MR) is 106 cm³/mol. The van der Waals surface area contributed by atoms with E-state index in [0.29, 0.717) is 18.7 Å². The lowest BCUT2D eigenvalue weighted by Crippen LogP contribution is -2.35. The van der Waals surface area contributed by atoms with Crippen LogP contribution in [0.25, 0.3) is 0 Å². The van der Waals surface area contributed by atoms with Crippen molar-refractivity contribution in [2.24, 2.45) is 0 Å². The third kappa shape index (κ3) is 3.76. The van der Waals surface area contributed by atoms with Crippen LogP contribution in [0.4, 0.5) is 5.69 Å². The summed E-state index contributed by atoms with van der Waals surface area (Å²) < 4.78 is 0. The normalized spacial score (nSPS) is 12.9. The van der Waals surface area contributed by atoms with Crippen LogP contribution in [-0.4, -0.2) is 28.3 Å². The molecular formula is C22H20N4O2.